The van der Waals surface area contributed by atoms with Gasteiger partial charge in [0.1, 0.15) is 12.2 Å². The topological polar surface area (TPSA) is 33.0 Å². The standard InChI is InChI=1S/C12H15NO/c1-4-11-14-12(2,3)9-7-5-6-8-10-13/h1H,5-6,8,11H2,2-3H3. The molecule has 0 aliphatic rings. The molecule has 0 N–H and O–H groups in total. The molecule has 0 aromatic heterocycles. The quantitative estimate of drug-likeness (QED) is 0.501. The van der Waals surface area contributed by atoms with E-state index in [4.69, 9.17) is 16.4 Å². The van der Waals surface area contributed by atoms with E-state index in [-0.39, 0.29) is 6.61 Å². The van der Waals surface area contributed by atoms with Crippen molar-refractivity contribution in [2.24, 2.45) is 0 Å². The van der Waals surface area contributed by atoms with E-state index in [1.165, 1.54) is 0 Å². The second kappa shape index (κ2) is 7.02. The lowest BCUT2D eigenvalue weighted by molar-refractivity contribution is 0.0504. The van der Waals surface area contributed by atoms with Crippen LogP contribution >= 0.6 is 0 Å². The highest BCUT2D eigenvalue weighted by molar-refractivity contribution is 5.11. The van der Waals surface area contributed by atoms with Gasteiger partial charge in [-0.3, -0.25) is 0 Å². The summed E-state index contributed by atoms with van der Waals surface area (Å²) in [6.07, 6.45) is 7.17. The third-order valence-corrected chi connectivity index (χ3v) is 1.50. The summed E-state index contributed by atoms with van der Waals surface area (Å²) in [7, 11) is 0. The Morgan fingerprint density at radius 1 is 1.36 bits per heavy atom. The third kappa shape index (κ3) is 7.23. The first-order chi connectivity index (χ1) is 6.62. The Morgan fingerprint density at radius 3 is 2.64 bits per heavy atom. The predicted molar refractivity (Wildman–Crippen MR) is 56.1 cm³/mol. The van der Waals surface area contributed by atoms with Crippen molar-refractivity contribution in [2.45, 2.75) is 38.7 Å². The van der Waals surface area contributed by atoms with E-state index in [2.05, 4.69) is 23.8 Å². The maximum atomic E-state index is 8.30. The molecule has 0 saturated heterocycles. The minimum absolute atomic E-state index is 0.278. The number of terminal acetylenes is 1. The third-order valence-electron chi connectivity index (χ3n) is 1.50. The molecule has 0 radical (unpaired) electrons. The number of unbranched alkanes of at least 4 members (excludes halogenated alkanes) is 2. The van der Waals surface area contributed by atoms with Crippen molar-refractivity contribution < 1.29 is 4.74 Å². The fourth-order valence-corrected chi connectivity index (χ4v) is 0.789. The van der Waals surface area contributed by atoms with Gasteiger partial charge in [0.15, 0.2) is 0 Å². The molecule has 0 bridgehead atoms. The van der Waals surface area contributed by atoms with Gasteiger partial charge in [-0.25, -0.2) is 0 Å². The first kappa shape index (κ1) is 12.6. The number of rotatable bonds is 4. The van der Waals surface area contributed by atoms with Crippen LogP contribution in [0.15, 0.2) is 0 Å². The van der Waals surface area contributed by atoms with E-state index in [0.717, 1.165) is 12.8 Å². The average Bonchev–Trinajstić information content (AvgIpc) is 2.15. The van der Waals surface area contributed by atoms with Crippen molar-refractivity contribution in [3.05, 3.63) is 0 Å². The molecule has 0 fully saturated rings. The SMILES string of the molecule is C#CCOC(C)(C)C#CCCCC#N. The van der Waals surface area contributed by atoms with Crippen LogP contribution < -0.4 is 0 Å². The van der Waals surface area contributed by atoms with E-state index in [1.807, 2.05) is 13.8 Å². The monoisotopic (exact) mass is 189 g/mol. The lowest BCUT2D eigenvalue weighted by atomic mass is 10.1. The van der Waals surface area contributed by atoms with Crippen LogP contribution in [0.3, 0.4) is 0 Å². The van der Waals surface area contributed by atoms with Crippen molar-refractivity contribution in [3.8, 4) is 30.3 Å². The van der Waals surface area contributed by atoms with Crippen LogP contribution in [0.1, 0.15) is 33.1 Å². The molecule has 74 valence electrons. The second-order valence-corrected chi connectivity index (χ2v) is 3.32. The molecule has 2 heteroatoms. The highest BCUT2D eigenvalue weighted by Gasteiger charge is 2.12. The maximum Gasteiger partial charge on any atom is 0.124 e. The summed E-state index contributed by atoms with van der Waals surface area (Å²) in [4.78, 5) is 0. The van der Waals surface area contributed by atoms with Crippen molar-refractivity contribution in [1.29, 1.82) is 5.26 Å². The molecule has 0 aromatic rings. The Labute approximate surface area is 86.3 Å². The van der Waals surface area contributed by atoms with E-state index in [0.29, 0.717) is 6.42 Å². The van der Waals surface area contributed by atoms with Gasteiger partial charge in [0.2, 0.25) is 0 Å². The largest absolute Gasteiger partial charge is 0.350 e. The number of ether oxygens (including phenoxy) is 1. The van der Waals surface area contributed by atoms with Crippen molar-refractivity contribution in [3.63, 3.8) is 0 Å². The molecule has 0 saturated carbocycles. The van der Waals surface area contributed by atoms with Gasteiger partial charge in [-0.2, -0.15) is 5.26 Å². The predicted octanol–water partition coefficient (Wildman–Crippen LogP) is 2.11. The molecule has 0 unspecified atom stereocenters. The summed E-state index contributed by atoms with van der Waals surface area (Å²) in [6, 6.07) is 2.07. The van der Waals surface area contributed by atoms with Crippen molar-refractivity contribution >= 4 is 0 Å². The van der Waals surface area contributed by atoms with Gasteiger partial charge >= 0.3 is 0 Å². The van der Waals surface area contributed by atoms with Gasteiger partial charge in [-0.1, -0.05) is 11.8 Å². The Hall–Kier alpha value is -1.43. The molecule has 0 aromatic carbocycles. The number of hydrogen-bond acceptors (Lipinski definition) is 2. The van der Waals surface area contributed by atoms with Crippen LogP contribution in [-0.2, 0) is 4.74 Å². The average molecular weight is 189 g/mol. The second-order valence-electron chi connectivity index (χ2n) is 3.32. The summed E-state index contributed by atoms with van der Waals surface area (Å²) in [6.45, 7) is 4.03. The van der Waals surface area contributed by atoms with Crippen molar-refractivity contribution in [1.82, 2.24) is 0 Å². The Kier molecular flexibility index (Phi) is 6.30. The summed E-state index contributed by atoms with van der Waals surface area (Å²) in [5, 5.41) is 8.30. The molecular formula is C12H15NO. The summed E-state index contributed by atoms with van der Waals surface area (Å²) < 4.78 is 5.31. The molecule has 0 amide bonds. The number of hydrogen-bond donors (Lipinski definition) is 0. The molecule has 0 atom stereocenters. The van der Waals surface area contributed by atoms with Crippen LogP contribution in [0, 0.1) is 35.5 Å². The zero-order valence-electron chi connectivity index (χ0n) is 8.76. The molecular weight excluding hydrogens is 174 g/mol. The van der Waals surface area contributed by atoms with Crippen LogP contribution in [0.25, 0.3) is 0 Å². The molecule has 0 rings (SSSR count). The minimum Gasteiger partial charge on any atom is -0.350 e. The summed E-state index contributed by atoms with van der Waals surface area (Å²) in [5.41, 5.74) is -0.487. The fraction of sp³-hybridized carbons (Fsp3) is 0.583. The van der Waals surface area contributed by atoms with E-state index in [1.54, 1.807) is 0 Å². The van der Waals surface area contributed by atoms with E-state index < -0.39 is 5.60 Å². The van der Waals surface area contributed by atoms with E-state index in [9.17, 15) is 0 Å². The number of nitriles is 1. The Balaban J connectivity index is 3.83. The summed E-state index contributed by atoms with van der Waals surface area (Å²) >= 11 is 0. The highest BCUT2D eigenvalue weighted by Crippen LogP contribution is 2.06. The molecule has 0 aliphatic heterocycles. The Morgan fingerprint density at radius 2 is 2.07 bits per heavy atom. The normalized spacial score (nSPS) is 9.43. The first-order valence-corrected chi connectivity index (χ1v) is 4.57. The summed E-state index contributed by atoms with van der Waals surface area (Å²) in [5.74, 6) is 8.35. The van der Waals surface area contributed by atoms with Gasteiger partial charge in [-0.05, 0) is 20.3 Å². The fourth-order valence-electron chi connectivity index (χ4n) is 0.789. The van der Waals surface area contributed by atoms with Crippen LogP contribution in [-0.4, -0.2) is 12.2 Å². The van der Waals surface area contributed by atoms with Gasteiger partial charge < -0.3 is 4.74 Å². The van der Waals surface area contributed by atoms with Crippen LogP contribution in [0.2, 0.25) is 0 Å². The van der Waals surface area contributed by atoms with Gasteiger partial charge in [-0.15, -0.1) is 12.3 Å². The zero-order chi connectivity index (χ0) is 10.9. The van der Waals surface area contributed by atoms with Crippen LogP contribution in [0.4, 0.5) is 0 Å². The van der Waals surface area contributed by atoms with Crippen LogP contribution in [0.5, 0.6) is 0 Å². The lowest BCUT2D eigenvalue weighted by Crippen LogP contribution is -2.22. The van der Waals surface area contributed by atoms with Gasteiger partial charge in [0, 0.05) is 12.8 Å². The number of nitrogens with zero attached hydrogens (tertiary/aromatic N) is 1. The maximum absolute atomic E-state index is 8.30. The first-order valence-electron chi connectivity index (χ1n) is 4.57. The van der Waals surface area contributed by atoms with E-state index >= 15 is 0 Å². The molecule has 2 nitrogen and oxygen atoms in total. The molecule has 0 aliphatic carbocycles. The highest BCUT2D eigenvalue weighted by atomic mass is 16.5. The molecule has 0 heterocycles. The smallest absolute Gasteiger partial charge is 0.124 e. The molecule has 0 spiro atoms. The lowest BCUT2D eigenvalue weighted by Gasteiger charge is -2.16. The van der Waals surface area contributed by atoms with Gasteiger partial charge in [0.25, 0.3) is 0 Å². The van der Waals surface area contributed by atoms with Crippen molar-refractivity contribution in [2.75, 3.05) is 6.61 Å². The Bertz CT molecular complexity index is 293. The zero-order valence-corrected chi connectivity index (χ0v) is 8.76. The minimum atomic E-state index is -0.487. The molecule has 14 heavy (non-hydrogen) atoms. The van der Waals surface area contributed by atoms with Gasteiger partial charge in [0.05, 0.1) is 6.07 Å².